The lowest BCUT2D eigenvalue weighted by Crippen LogP contribution is -2.30. The number of hydrogen-bond donors (Lipinski definition) is 1. The summed E-state index contributed by atoms with van der Waals surface area (Å²) in [5, 5.41) is 15.2. The summed E-state index contributed by atoms with van der Waals surface area (Å²) in [6.45, 7) is 2.58. The molecule has 2 aromatic carbocycles. The van der Waals surface area contributed by atoms with Crippen LogP contribution < -0.4 is 10.1 Å². The molecule has 26 heavy (non-hydrogen) atoms. The normalized spacial score (nSPS) is 10.5. The van der Waals surface area contributed by atoms with Gasteiger partial charge in [-0.15, -0.1) is 10.2 Å². The van der Waals surface area contributed by atoms with Crippen LogP contribution in [-0.2, 0) is 17.8 Å². The standard InChI is InChI=1S/C19H21N5O2/c1-14-5-3-4-6-17(14)19-21-23-24(22-19)13-18(25)20-12-11-15-7-9-16(26-2)10-8-15/h3-10H,11-13H2,1-2H3,(H,20,25). The van der Waals surface area contributed by atoms with Crippen LogP contribution in [0.3, 0.4) is 0 Å². The summed E-state index contributed by atoms with van der Waals surface area (Å²) in [5.74, 6) is 1.20. The minimum atomic E-state index is -0.146. The van der Waals surface area contributed by atoms with E-state index in [0.717, 1.165) is 28.9 Å². The molecule has 0 bridgehead atoms. The molecule has 0 spiro atoms. The number of nitrogens with zero attached hydrogens (tertiary/aromatic N) is 4. The Morgan fingerprint density at radius 2 is 1.92 bits per heavy atom. The number of aryl methyl sites for hydroxylation is 1. The van der Waals surface area contributed by atoms with Crippen molar-refractivity contribution in [3.63, 3.8) is 0 Å². The van der Waals surface area contributed by atoms with Crippen LogP contribution >= 0.6 is 0 Å². The number of amides is 1. The summed E-state index contributed by atoms with van der Waals surface area (Å²) in [4.78, 5) is 13.4. The second kappa shape index (κ2) is 8.24. The Hall–Kier alpha value is -3.22. The van der Waals surface area contributed by atoms with Crippen molar-refractivity contribution in [2.45, 2.75) is 19.9 Å². The molecule has 0 aliphatic heterocycles. The monoisotopic (exact) mass is 351 g/mol. The van der Waals surface area contributed by atoms with Crippen LogP contribution in [0.5, 0.6) is 5.75 Å². The first-order chi connectivity index (χ1) is 12.7. The summed E-state index contributed by atoms with van der Waals surface area (Å²) in [7, 11) is 1.64. The highest BCUT2D eigenvalue weighted by molar-refractivity contribution is 5.75. The molecule has 1 amide bonds. The zero-order valence-electron chi connectivity index (χ0n) is 14.8. The zero-order valence-corrected chi connectivity index (χ0v) is 14.8. The molecule has 0 saturated heterocycles. The van der Waals surface area contributed by atoms with E-state index in [4.69, 9.17) is 4.74 Å². The Morgan fingerprint density at radius 1 is 1.15 bits per heavy atom. The maximum absolute atomic E-state index is 12.1. The molecule has 0 atom stereocenters. The lowest BCUT2D eigenvalue weighted by Gasteiger charge is -2.05. The van der Waals surface area contributed by atoms with Crippen LogP contribution in [0.15, 0.2) is 48.5 Å². The van der Waals surface area contributed by atoms with Gasteiger partial charge in [0, 0.05) is 12.1 Å². The lowest BCUT2D eigenvalue weighted by atomic mass is 10.1. The molecular formula is C19H21N5O2. The molecule has 134 valence electrons. The van der Waals surface area contributed by atoms with Gasteiger partial charge in [-0.1, -0.05) is 36.4 Å². The second-order valence-electron chi connectivity index (χ2n) is 5.91. The Kier molecular flexibility index (Phi) is 5.58. The quantitative estimate of drug-likeness (QED) is 0.704. The Morgan fingerprint density at radius 3 is 2.65 bits per heavy atom. The van der Waals surface area contributed by atoms with Gasteiger partial charge in [-0.2, -0.15) is 4.80 Å². The van der Waals surface area contributed by atoms with Crippen LogP contribution in [0.1, 0.15) is 11.1 Å². The summed E-state index contributed by atoms with van der Waals surface area (Å²) in [5.41, 5.74) is 3.11. The average molecular weight is 351 g/mol. The Labute approximate surface area is 152 Å². The van der Waals surface area contributed by atoms with Crippen molar-refractivity contribution in [1.82, 2.24) is 25.5 Å². The van der Waals surface area contributed by atoms with Crippen molar-refractivity contribution in [3.8, 4) is 17.1 Å². The first-order valence-electron chi connectivity index (χ1n) is 8.39. The highest BCUT2D eigenvalue weighted by atomic mass is 16.5. The third-order valence-electron chi connectivity index (χ3n) is 4.02. The number of aromatic nitrogens is 4. The number of hydrogen-bond acceptors (Lipinski definition) is 5. The zero-order chi connectivity index (χ0) is 18.4. The summed E-state index contributed by atoms with van der Waals surface area (Å²) in [6, 6.07) is 15.6. The van der Waals surface area contributed by atoms with E-state index >= 15 is 0 Å². The summed E-state index contributed by atoms with van der Waals surface area (Å²) in [6.07, 6.45) is 0.745. The number of rotatable bonds is 7. The predicted octanol–water partition coefficient (Wildman–Crippen LogP) is 2.02. The maximum atomic E-state index is 12.1. The second-order valence-corrected chi connectivity index (χ2v) is 5.91. The van der Waals surface area contributed by atoms with E-state index < -0.39 is 0 Å². The van der Waals surface area contributed by atoms with Gasteiger partial charge in [-0.25, -0.2) is 0 Å². The maximum Gasteiger partial charge on any atom is 0.243 e. The van der Waals surface area contributed by atoms with Crippen LogP contribution in [0.4, 0.5) is 0 Å². The molecule has 0 radical (unpaired) electrons. The summed E-state index contributed by atoms with van der Waals surface area (Å²) >= 11 is 0. The average Bonchev–Trinajstić information content (AvgIpc) is 3.11. The van der Waals surface area contributed by atoms with Crippen molar-refractivity contribution >= 4 is 5.91 Å². The Bertz CT molecular complexity index is 874. The number of ether oxygens (including phenoxy) is 1. The predicted molar refractivity (Wildman–Crippen MR) is 97.7 cm³/mol. The lowest BCUT2D eigenvalue weighted by molar-refractivity contribution is -0.122. The number of nitrogens with one attached hydrogen (secondary N) is 1. The SMILES string of the molecule is COc1ccc(CCNC(=O)Cn2nnc(-c3ccccc3C)n2)cc1. The van der Waals surface area contributed by atoms with Gasteiger partial charge in [0.25, 0.3) is 0 Å². The number of carbonyl (C=O) groups is 1. The van der Waals surface area contributed by atoms with Crippen LogP contribution in [-0.4, -0.2) is 39.8 Å². The van der Waals surface area contributed by atoms with Gasteiger partial charge in [-0.3, -0.25) is 4.79 Å². The summed E-state index contributed by atoms with van der Waals surface area (Å²) < 4.78 is 5.13. The smallest absolute Gasteiger partial charge is 0.243 e. The topological polar surface area (TPSA) is 81.9 Å². The molecule has 0 aliphatic rings. The molecule has 1 heterocycles. The third-order valence-corrected chi connectivity index (χ3v) is 4.02. The first kappa shape index (κ1) is 17.6. The number of methoxy groups -OCH3 is 1. The van der Waals surface area contributed by atoms with Gasteiger partial charge >= 0.3 is 0 Å². The molecule has 3 rings (SSSR count). The van der Waals surface area contributed by atoms with Gasteiger partial charge in [0.1, 0.15) is 12.3 Å². The highest BCUT2D eigenvalue weighted by Gasteiger charge is 2.10. The fourth-order valence-corrected chi connectivity index (χ4v) is 2.56. The molecule has 1 N–H and O–H groups in total. The van der Waals surface area contributed by atoms with Gasteiger partial charge < -0.3 is 10.1 Å². The van der Waals surface area contributed by atoms with E-state index in [2.05, 4.69) is 20.7 Å². The molecule has 7 heteroatoms. The number of benzene rings is 2. The minimum Gasteiger partial charge on any atom is -0.497 e. The molecule has 0 aliphatic carbocycles. The van der Waals surface area contributed by atoms with Gasteiger partial charge in [0.2, 0.25) is 11.7 Å². The van der Waals surface area contributed by atoms with Crippen LogP contribution in [0.2, 0.25) is 0 Å². The molecule has 0 saturated carbocycles. The molecule has 3 aromatic rings. The van der Waals surface area contributed by atoms with Gasteiger partial charge in [0.15, 0.2) is 0 Å². The number of carbonyl (C=O) groups excluding carboxylic acids is 1. The van der Waals surface area contributed by atoms with E-state index in [1.165, 1.54) is 4.80 Å². The molecule has 0 fully saturated rings. The molecule has 1 aromatic heterocycles. The van der Waals surface area contributed by atoms with Crippen LogP contribution in [0.25, 0.3) is 11.4 Å². The third kappa shape index (κ3) is 4.44. The van der Waals surface area contributed by atoms with Crippen molar-refractivity contribution < 1.29 is 9.53 Å². The fraction of sp³-hybridized carbons (Fsp3) is 0.263. The Balaban J connectivity index is 1.50. The van der Waals surface area contributed by atoms with Crippen molar-refractivity contribution in [1.29, 1.82) is 0 Å². The first-order valence-corrected chi connectivity index (χ1v) is 8.39. The number of tetrazole rings is 1. The fourth-order valence-electron chi connectivity index (χ4n) is 2.56. The van der Waals surface area contributed by atoms with Crippen LogP contribution in [0, 0.1) is 6.92 Å². The minimum absolute atomic E-state index is 0.0431. The van der Waals surface area contributed by atoms with Crippen molar-refractivity contribution in [2.75, 3.05) is 13.7 Å². The van der Waals surface area contributed by atoms with Gasteiger partial charge in [0.05, 0.1) is 7.11 Å². The van der Waals surface area contributed by atoms with E-state index in [9.17, 15) is 4.79 Å². The van der Waals surface area contributed by atoms with E-state index in [0.29, 0.717) is 12.4 Å². The molecule has 7 nitrogen and oxygen atoms in total. The van der Waals surface area contributed by atoms with Crippen molar-refractivity contribution in [2.24, 2.45) is 0 Å². The molecular weight excluding hydrogens is 330 g/mol. The van der Waals surface area contributed by atoms with E-state index in [1.54, 1.807) is 7.11 Å². The molecule has 0 unspecified atom stereocenters. The highest BCUT2D eigenvalue weighted by Crippen LogP contribution is 2.17. The largest absolute Gasteiger partial charge is 0.497 e. The van der Waals surface area contributed by atoms with E-state index in [-0.39, 0.29) is 12.5 Å². The van der Waals surface area contributed by atoms with Gasteiger partial charge in [-0.05, 0) is 41.8 Å². The van der Waals surface area contributed by atoms with E-state index in [1.807, 2.05) is 55.5 Å². The van der Waals surface area contributed by atoms with Crippen molar-refractivity contribution in [3.05, 3.63) is 59.7 Å².